The Morgan fingerprint density at radius 3 is 2.38 bits per heavy atom. The molecule has 5 heteroatoms. The van der Waals surface area contributed by atoms with E-state index in [1.807, 2.05) is 0 Å². The van der Waals surface area contributed by atoms with Crippen LogP contribution in [0.4, 0.5) is 0 Å². The predicted molar refractivity (Wildman–Crippen MR) is 45.5 cm³/mol. The lowest BCUT2D eigenvalue weighted by atomic mass is 10.2. The zero-order valence-corrected chi connectivity index (χ0v) is 7.01. The summed E-state index contributed by atoms with van der Waals surface area (Å²) in [6, 6.07) is 8.11. The van der Waals surface area contributed by atoms with Crippen LogP contribution in [0.5, 0.6) is 0 Å². The summed E-state index contributed by atoms with van der Waals surface area (Å²) >= 11 is 0. The second kappa shape index (κ2) is 3.66. The zero-order valence-electron chi connectivity index (χ0n) is 7.01. The van der Waals surface area contributed by atoms with Crippen LogP contribution >= 0.6 is 0 Å². The Labute approximate surface area is 74.7 Å². The SMILES string of the molecule is CN(C(=O)c1ccccc1)[N+](=O)[O-]. The summed E-state index contributed by atoms with van der Waals surface area (Å²) in [5.74, 6) is -0.620. The molecule has 1 aromatic carbocycles. The van der Waals surface area contributed by atoms with Gasteiger partial charge in [-0.05, 0) is 12.1 Å². The van der Waals surface area contributed by atoms with Gasteiger partial charge in [-0.25, -0.2) is 10.1 Å². The number of nitrogens with zero attached hydrogens (tertiary/aromatic N) is 2. The molecule has 0 saturated carbocycles. The van der Waals surface area contributed by atoms with Crippen molar-refractivity contribution >= 4 is 5.91 Å². The number of rotatable bonds is 2. The molecule has 1 aromatic rings. The molecule has 0 aliphatic heterocycles. The van der Waals surface area contributed by atoms with Crippen LogP contribution in [0.25, 0.3) is 0 Å². The summed E-state index contributed by atoms with van der Waals surface area (Å²) < 4.78 is 0. The molecular weight excluding hydrogens is 172 g/mol. The van der Waals surface area contributed by atoms with Crippen molar-refractivity contribution < 1.29 is 9.83 Å². The summed E-state index contributed by atoms with van der Waals surface area (Å²) in [4.78, 5) is 21.5. The topological polar surface area (TPSA) is 63.5 Å². The van der Waals surface area contributed by atoms with E-state index in [1.165, 1.54) is 12.1 Å². The molecule has 13 heavy (non-hydrogen) atoms. The van der Waals surface area contributed by atoms with Gasteiger partial charge >= 0.3 is 5.91 Å². The van der Waals surface area contributed by atoms with Crippen molar-refractivity contribution in [3.8, 4) is 0 Å². The van der Waals surface area contributed by atoms with Gasteiger partial charge in [0.25, 0.3) is 0 Å². The highest BCUT2D eigenvalue weighted by molar-refractivity contribution is 5.93. The van der Waals surface area contributed by atoms with Gasteiger partial charge in [0.2, 0.25) is 0 Å². The van der Waals surface area contributed by atoms with Crippen molar-refractivity contribution in [1.29, 1.82) is 0 Å². The predicted octanol–water partition coefficient (Wildman–Crippen LogP) is 0.950. The van der Waals surface area contributed by atoms with Crippen LogP contribution in [-0.4, -0.2) is 23.0 Å². The molecule has 0 N–H and O–H groups in total. The Bertz CT molecular complexity index is 323. The number of hydrazine groups is 1. The van der Waals surface area contributed by atoms with Crippen LogP contribution in [0.3, 0.4) is 0 Å². The third kappa shape index (κ3) is 2.02. The Morgan fingerprint density at radius 1 is 1.38 bits per heavy atom. The maximum absolute atomic E-state index is 11.3. The molecule has 0 fully saturated rings. The summed E-state index contributed by atoms with van der Waals surface area (Å²) in [6.07, 6.45) is 0. The summed E-state index contributed by atoms with van der Waals surface area (Å²) in [6.45, 7) is 0. The second-order valence-electron chi connectivity index (χ2n) is 2.43. The van der Waals surface area contributed by atoms with Crippen LogP contribution in [0.1, 0.15) is 10.4 Å². The van der Waals surface area contributed by atoms with Crippen molar-refractivity contribution in [2.45, 2.75) is 0 Å². The van der Waals surface area contributed by atoms with Crippen LogP contribution in [-0.2, 0) is 0 Å². The average molecular weight is 180 g/mol. The first-order valence-corrected chi connectivity index (χ1v) is 3.60. The minimum Gasteiger partial charge on any atom is -0.263 e. The maximum atomic E-state index is 11.3. The molecule has 68 valence electrons. The molecular formula is C8H8N2O3. The van der Waals surface area contributed by atoms with E-state index < -0.39 is 10.9 Å². The molecule has 0 aromatic heterocycles. The first-order valence-electron chi connectivity index (χ1n) is 3.60. The Kier molecular flexibility index (Phi) is 2.59. The third-order valence-electron chi connectivity index (χ3n) is 1.56. The van der Waals surface area contributed by atoms with E-state index in [0.717, 1.165) is 7.05 Å². The van der Waals surface area contributed by atoms with Crippen molar-refractivity contribution in [3.63, 3.8) is 0 Å². The largest absolute Gasteiger partial charge is 0.313 e. The lowest BCUT2D eigenvalue weighted by molar-refractivity contribution is -0.625. The van der Waals surface area contributed by atoms with Crippen LogP contribution in [0.15, 0.2) is 30.3 Å². The average Bonchev–Trinajstić information content (AvgIpc) is 2.17. The molecule has 0 heterocycles. The molecule has 0 aliphatic rings. The molecule has 0 bridgehead atoms. The Balaban J connectivity index is 2.86. The number of nitro groups is 1. The van der Waals surface area contributed by atoms with E-state index in [0.29, 0.717) is 10.6 Å². The summed E-state index contributed by atoms with van der Waals surface area (Å²) in [7, 11) is 1.12. The highest BCUT2D eigenvalue weighted by Gasteiger charge is 2.19. The molecule has 0 radical (unpaired) electrons. The highest BCUT2D eigenvalue weighted by atomic mass is 16.7. The van der Waals surface area contributed by atoms with Gasteiger partial charge in [-0.3, -0.25) is 4.79 Å². The van der Waals surface area contributed by atoms with E-state index in [1.54, 1.807) is 18.2 Å². The van der Waals surface area contributed by atoms with Gasteiger partial charge in [0.05, 0.1) is 7.05 Å². The zero-order chi connectivity index (χ0) is 9.84. The highest BCUT2D eigenvalue weighted by Crippen LogP contribution is 2.02. The monoisotopic (exact) mass is 180 g/mol. The molecule has 0 unspecified atom stereocenters. The molecule has 0 atom stereocenters. The lowest BCUT2D eigenvalue weighted by Crippen LogP contribution is -2.32. The number of carbonyl (C=O) groups is 1. The molecule has 0 spiro atoms. The van der Waals surface area contributed by atoms with Gasteiger partial charge < -0.3 is 0 Å². The summed E-state index contributed by atoms with van der Waals surface area (Å²) in [5.41, 5.74) is 0.307. The van der Waals surface area contributed by atoms with Crippen LogP contribution in [0, 0.1) is 10.1 Å². The van der Waals surface area contributed by atoms with Crippen molar-refractivity contribution in [2.24, 2.45) is 0 Å². The fourth-order valence-electron chi connectivity index (χ4n) is 0.842. The normalized spacial score (nSPS) is 9.31. The summed E-state index contributed by atoms with van der Waals surface area (Å²) in [5, 5.41) is 9.92. The first-order chi connectivity index (χ1) is 6.13. The second-order valence-corrected chi connectivity index (χ2v) is 2.43. The molecule has 1 rings (SSSR count). The standard InChI is InChI=1S/C8H8N2O3/c1-9(10(12)13)8(11)7-5-3-2-4-6-7/h2-6H,1H3. The van der Waals surface area contributed by atoms with E-state index in [-0.39, 0.29) is 0 Å². The molecule has 0 saturated heterocycles. The van der Waals surface area contributed by atoms with Gasteiger partial charge in [-0.2, -0.15) is 0 Å². The fraction of sp³-hybridized carbons (Fsp3) is 0.125. The Morgan fingerprint density at radius 2 is 1.92 bits per heavy atom. The lowest BCUT2D eigenvalue weighted by Gasteiger charge is -2.05. The van der Waals surface area contributed by atoms with E-state index in [9.17, 15) is 14.9 Å². The third-order valence-corrected chi connectivity index (χ3v) is 1.56. The number of hydrogen-bond acceptors (Lipinski definition) is 3. The van der Waals surface area contributed by atoms with Crippen LogP contribution in [0.2, 0.25) is 0 Å². The maximum Gasteiger partial charge on any atom is 0.313 e. The van der Waals surface area contributed by atoms with Crippen molar-refractivity contribution in [3.05, 3.63) is 46.0 Å². The molecule has 1 amide bonds. The quantitative estimate of drug-likeness (QED) is 0.502. The number of carbonyl (C=O) groups excluding carboxylic acids is 1. The minimum atomic E-state index is -0.755. The van der Waals surface area contributed by atoms with Crippen LogP contribution < -0.4 is 0 Å². The molecule has 5 nitrogen and oxygen atoms in total. The Hall–Kier alpha value is -1.91. The van der Waals surface area contributed by atoms with E-state index in [4.69, 9.17) is 0 Å². The fourth-order valence-corrected chi connectivity index (χ4v) is 0.842. The smallest absolute Gasteiger partial charge is 0.263 e. The van der Waals surface area contributed by atoms with Gasteiger partial charge in [-0.15, -0.1) is 0 Å². The number of amides is 1. The number of benzene rings is 1. The van der Waals surface area contributed by atoms with Crippen molar-refractivity contribution in [1.82, 2.24) is 5.01 Å². The van der Waals surface area contributed by atoms with Gasteiger partial charge in [0, 0.05) is 5.56 Å². The first kappa shape index (κ1) is 9.18. The van der Waals surface area contributed by atoms with E-state index in [2.05, 4.69) is 0 Å². The van der Waals surface area contributed by atoms with Gasteiger partial charge in [0.1, 0.15) is 0 Å². The van der Waals surface area contributed by atoms with E-state index >= 15 is 0 Å². The van der Waals surface area contributed by atoms with Gasteiger partial charge in [0.15, 0.2) is 5.03 Å². The van der Waals surface area contributed by atoms with Gasteiger partial charge in [-0.1, -0.05) is 23.2 Å². The van der Waals surface area contributed by atoms with Crippen molar-refractivity contribution in [2.75, 3.05) is 7.05 Å². The minimum absolute atomic E-state index is 0.307. The molecule has 0 aliphatic carbocycles. The number of hydrogen-bond donors (Lipinski definition) is 0.